The Bertz CT molecular complexity index is 508. The monoisotopic (exact) mass is 245 g/mol. The second-order valence-electron chi connectivity index (χ2n) is 3.83. The normalized spacial score (nSPS) is 10.3. The van der Waals surface area contributed by atoms with E-state index in [4.69, 9.17) is 10.2 Å². The van der Waals surface area contributed by atoms with Crippen molar-refractivity contribution in [1.29, 1.82) is 0 Å². The molecular weight excluding hydrogens is 230 g/mol. The lowest BCUT2D eigenvalue weighted by molar-refractivity contribution is 0.0946. The molecular formula is C13H15N3O2. The third kappa shape index (κ3) is 3.18. The van der Waals surface area contributed by atoms with Crippen molar-refractivity contribution in [2.24, 2.45) is 5.73 Å². The Morgan fingerprint density at radius 2 is 2.11 bits per heavy atom. The maximum Gasteiger partial charge on any atom is 0.273 e. The average Bonchev–Trinajstić information content (AvgIpc) is 2.86. The Labute approximate surface area is 105 Å². The molecule has 94 valence electrons. The lowest BCUT2D eigenvalue weighted by Gasteiger charge is -2.02. The maximum atomic E-state index is 11.8. The number of nitrogens with one attached hydrogen (secondary N) is 1. The van der Waals surface area contributed by atoms with Gasteiger partial charge in [0.05, 0.1) is 0 Å². The molecule has 3 N–H and O–H groups in total. The van der Waals surface area contributed by atoms with Crippen LogP contribution in [-0.2, 0) is 13.0 Å². The molecule has 0 spiro atoms. The van der Waals surface area contributed by atoms with Crippen LogP contribution >= 0.6 is 0 Å². The van der Waals surface area contributed by atoms with E-state index in [0.717, 1.165) is 5.56 Å². The highest BCUT2D eigenvalue weighted by Crippen LogP contribution is 2.03. The standard InChI is InChI=1S/C13H15N3O2/c14-7-6-12-16-11(9-18-12)13(17)15-8-10-4-2-1-3-5-10/h1-5,9H,6-8,14H2,(H,15,17). The summed E-state index contributed by atoms with van der Waals surface area (Å²) >= 11 is 0. The summed E-state index contributed by atoms with van der Waals surface area (Å²) in [5.74, 6) is 0.244. The molecule has 0 saturated carbocycles. The van der Waals surface area contributed by atoms with Gasteiger partial charge in [-0.3, -0.25) is 4.79 Å². The Balaban J connectivity index is 1.91. The minimum Gasteiger partial charge on any atom is -0.448 e. The van der Waals surface area contributed by atoms with Crippen LogP contribution in [0.4, 0.5) is 0 Å². The van der Waals surface area contributed by atoms with E-state index in [1.807, 2.05) is 30.3 Å². The number of hydrogen-bond acceptors (Lipinski definition) is 4. The third-order valence-corrected chi connectivity index (χ3v) is 2.44. The third-order valence-electron chi connectivity index (χ3n) is 2.44. The topological polar surface area (TPSA) is 81.1 Å². The Morgan fingerprint density at radius 3 is 2.83 bits per heavy atom. The fraction of sp³-hybridized carbons (Fsp3) is 0.231. The summed E-state index contributed by atoms with van der Waals surface area (Å²) in [4.78, 5) is 15.8. The van der Waals surface area contributed by atoms with Crippen LogP contribution in [0.5, 0.6) is 0 Å². The number of benzene rings is 1. The zero-order chi connectivity index (χ0) is 12.8. The number of carbonyl (C=O) groups is 1. The van der Waals surface area contributed by atoms with E-state index in [2.05, 4.69) is 10.3 Å². The van der Waals surface area contributed by atoms with Gasteiger partial charge in [0, 0.05) is 19.5 Å². The molecule has 1 amide bonds. The zero-order valence-corrected chi connectivity index (χ0v) is 9.93. The van der Waals surface area contributed by atoms with E-state index in [1.165, 1.54) is 6.26 Å². The van der Waals surface area contributed by atoms with Crippen molar-refractivity contribution in [3.63, 3.8) is 0 Å². The molecule has 18 heavy (non-hydrogen) atoms. The van der Waals surface area contributed by atoms with E-state index in [0.29, 0.717) is 25.4 Å². The maximum absolute atomic E-state index is 11.8. The van der Waals surface area contributed by atoms with Gasteiger partial charge in [-0.25, -0.2) is 4.98 Å². The number of oxazole rings is 1. The van der Waals surface area contributed by atoms with Gasteiger partial charge in [0.1, 0.15) is 6.26 Å². The van der Waals surface area contributed by atoms with Crippen LogP contribution in [0, 0.1) is 0 Å². The van der Waals surface area contributed by atoms with Crippen molar-refractivity contribution >= 4 is 5.91 Å². The molecule has 0 fully saturated rings. The van der Waals surface area contributed by atoms with Crippen LogP contribution in [0.2, 0.25) is 0 Å². The highest BCUT2D eigenvalue weighted by molar-refractivity contribution is 5.91. The predicted molar refractivity (Wildman–Crippen MR) is 66.9 cm³/mol. The second-order valence-corrected chi connectivity index (χ2v) is 3.83. The number of carbonyl (C=O) groups excluding carboxylic acids is 1. The van der Waals surface area contributed by atoms with Gasteiger partial charge in [-0.05, 0) is 5.56 Å². The van der Waals surface area contributed by atoms with Crippen molar-refractivity contribution < 1.29 is 9.21 Å². The first-order valence-electron chi connectivity index (χ1n) is 5.76. The van der Waals surface area contributed by atoms with Gasteiger partial charge in [-0.1, -0.05) is 30.3 Å². The highest BCUT2D eigenvalue weighted by Gasteiger charge is 2.11. The fourth-order valence-corrected chi connectivity index (χ4v) is 1.52. The lowest BCUT2D eigenvalue weighted by atomic mass is 10.2. The molecule has 5 heteroatoms. The SMILES string of the molecule is NCCc1nc(C(=O)NCc2ccccc2)co1. The van der Waals surface area contributed by atoms with Crippen LogP contribution in [0.25, 0.3) is 0 Å². The molecule has 0 aliphatic heterocycles. The lowest BCUT2D eigenvalue weighted by Crippen LogP contribution is -2.23. The first-order chi connectivity index (χ1) is 8.79. The molecule has 0 atom stereocenters. The average molecular weight is 245 g/mol. The summed E-state index contributed by atoms with van der Waals surface area (Å²) in [6.07, 6.45) is 1.89. The molecule has 0 saturated heterocycles. The van der Waals surface area contributed by atoms with E-state index in [9.17, 15) is 4.79 Å². The van der Waals surface area contributed by atoms with Gasteiger partial charge >= 0.3 is 0 Å². The molecule has 2 rings (SSSR count). The molecule has 0 unspecified atom stereocenters. The zero-order valence-electron chi connectivity index (χ0n) is 9.93. The van der Waals surface area contributed by atoms with Crippen molar-refractivity contribution in [3.05, 3.63) is 53.7 Å². The van der Waals surface area contributed by atoms with Crippen molar-refractivity contribution in [1.82, 2.24) is 10.3 Å². The summed E-state index contributed by atoms with van der Waals surface area (Å²) < 4.78 is 5.13. The molecule has 0 bridgehead atoms. The van der Waals surface area contributed by atoms with Crippen molar-refractivity contribution in [2.75, 3.05) is 6.54 Å². The molecule has 0 aliphatic carbocycles. The summed E-state index contributed by atoms with van der Waals surface area (Å²) in [6.45, 7) is 0.921. The van der Waals surface area contributed by atoms with E-state index < -0.39 is 0 Å². The minimum atomic E-state index is -0.245. The van der Waals surface area contributed by atoms with E-state index >= 15 is 0 Å². The summed E-state index contributed by atoms with van der Waals surface area (Å²) in [6, 6.07) is 9.68. The van der Waals surface area contributed by atoms with E-state index in [-0.39, 0.29) is 11.6 Å². The number of nitrogens with zero attached hydrogens (tertiary/aromatic N) is 1. The molecule has 0 aliphatic rings. The largest absolute Gasteiger partial charge is 0.448 e. The van der Waals surface area contributed by atoms with Gasteiger partial charge in [0.2, 0.25) is 0 Å². The van der Waals surface area contributed by atoms with E-state index in [1.54, 1.807) is 0 Å². The first kappa shape index (κ1) is 12.3. The summed E-state index contributed by atoms with van der Waals surface area (Å²) in [7, 11) is 0. The van der Waals surface area contributed by atoms with Crippen LogP contribution in [0.1, 0.15) is 21.9 Å². The van der Waals surface area contributed by atoms with Crippen molar-refractivity contribution in [2.45, 2.75) is 13.0 Å². The molecule has 5 nitrogen and oxygen atoms in total. The number of rotatable bonds is 5. The number of aromatic nitrogens is 1. The van der Waals surface area contributed by atoms with Crippen LogP contribution in [0.15, 0.2) is 41.0 Å². The predicted octanol–water partition coefficient (Wildman–Crippen LogP) is 1.11. The molecule has 2 aromatic rings. The fourth-order valence-electron chi connectivity index (χ4n) is 1.52. The molecule has 1 aromatic carbocycles. The van der Waals surface area contributed by atoms with Crippen molar-refractivity contribution in [3.8, 4) is 0 Å². The van der Waals surface area contributed by atoms with Crippen LogP contribution < -0.4 is 11.1 Å². The van der Waals surface area contributed by atoms with Gasteiger partial charge < -0.3 is 15.5 Å². The summed E-state index contributed by atoms with van der Waals surface area (Å²) in [5, 5.41) is 2.78. The van der Waals surface area contributed by atoms with Crippen LogP contribution in [0.3, 0.4) is 0 Å². The highest BCUT2D eigenvalue weighted by atomic mass is 16.3. The second kappa shape index (κ2) is 5.97. The Kier molecular flexibility index (Phi) is 4.09. The van der Waals surface area contributed by atoms with Gasteiger partial charge in [-0.2, -0.15) is 0 Å². The Morgan fingerprint density at radius 1 is 1.33 bits per heavy atom. The smallest absolute Gasteiger partial charge is 0.273 e. The molecule has 1 heterocycles. The minimum absolute atomic E-state index is 0.245. The number of amides is 1. The summed E-state index contributed by atoms with van der Waals surface area (Å²) in [5.41, 5.74) is 6.70. The first-order valence-corrected chi connectivity index (χ1v) is 5.76. The van der Waals surface area contributed by atoms with Crippen LogP contribution in [-0.4, -0.2) is 17.4 Å². The Hall–Kier alpha value is -2.14. The van der Waals surface area contributed by atoms with Gasteiger partial charge in [-0.15, -0.1) is 0 Å². The quantitative estimate of drug-likeness (QED) is 0.826. The van der Waals surface area contributed by atoms with Gasteiger partial charge in [0.15, 0.2) is 11.6 Å². The number of nitrogens with two attached hydrogens (primary N) is 1. The molecule has 1 aromatic heterocycles. The number of hydrogen-bond donors (Lipinski definition) is 2. The molecule has 0 radical (unpaired) electrons. The van der Waals surface area contributed by atoms with Gasteiger partial charge in [0.25, 0.3) is 5.91 Å².